The topological polar surface area (TPSA) is 29.9 Å². The van der Waals surface area contributed by atoms with Crippen molar-refractivity contribution in [2.45, 2.75) is 0 Å². The molecule has 0 saturated carbocycles. The molecule has 102 valence electrons. The predicted molar refractivity (Wildman–Crippen MR) is 82.7 cm³/mol. The second-order valence-corrected chi connectivity index (χ2v) is 5.55. The molecule has 0 radical (unpaired) electrons. The van der Waals surface area contributed by atoms with Gasteiger partial charge in [-0.15, -0.1) is 0 Å². The molecule has 20 heavy (non-hydrogen) atoms. The lowest BCUT2D eigenvalue weighted by Crippen LogP contribution is -1.98. The van der Waals surface area contributed by atoms with E-state index in [1.54, 1.807) is 6.07 Å². The van der Waals surface area contributed by atoms with Gasteiger partial charge in [0.05, 0.1) is 23.8 Å². The lowest BCUT2D eigenvalue weighted by atomic mass is 10.2. The van der Waals surface area contributed by atoms with Crippen molar-refractivity contribution < 1.29 is 9.13 Å². The fraction of sp³-hybridized carbons (Fsp3) is 0.0714. The summed E-state index contributed by atoms with van der Waals surface area (Å²) in [4.78, 5) is 3.13. The van der Waals surface area contributed by atoms with Crippen LogP contribution >= 0.6 is 28.1 Å². The number of benzene rings is 2. The summed E-state index contributed by atoms with van der Waals surface area (Å²) >= 11 is 8.78. The molecule has 0 amide bonds. The van der Waals surface area contributed by atoms with Crippen molar-refractivity contribution in [3.63, 3.8) is 0 Å². The van der Waals surface area contributed by atoms with Gasteiger partial charge in [0.25, 0.3) is 0 Å². The van der Waals surface area contributed by atoms with Gasteiger partial charge in [0.2, 0.25) is 0 Å². The number of nitrogens with zero attached hydrogens (tertiary/aromatic N) is 1. The molecular formula is C14H10BrFN2OS. The van der Waals surface area contributed by atoms with Crippen molar-refractivity contribution in [3.05, 3.63) is 51.5 Å². The molecule has 0 bridgehead atoms. The Kier molecular flexibility index (Phi) is 3.35. The minimum atomic E-state index is -0.347. The van der Waals surface area contributed by atoms with Crippen LogP contribution in [0.15, 0.2) is 40.9 Å². The number of fused-ring (bicyclic) bond motifs is 1. The van der Waals surface area contributed by atoms with E-state index in [0.29, 0.717) is 16.2 Å². The Labute approximate surface area is 128 Å². The van der Waals surface area contributed by atoms with Gasteiger partial charge in [-0.2, -0.15) is 0 Å². The van der Waals surface area contributed by atoms with Crippen molar-refractivity contribution in [1.82, 2.24) is 9.55 Å². The van der Waals surface area contributed by atoms with E-state index in [1.165, 1.54) is 19.2 Å². The van der Waals surface area contributed by atoms with Crippen LogP contribution in [0.4, 0.5) is 4.39 Å². The molecule has 0 atom stereocenters. The van der Waals surface area contributed by atoms with Crippen LogP contribution in [-0.4, -0.2) is 16.7 Å². The molecule has 6 heteroatoms. The zero-order valence-electron chi connectivity index (χ0n) is 10.5. The quantitative estimate of drug-likeness (QED) is 0.683. The summed E-state index contributed by atoms with van der Waals surface area (Å²) in [6.45, 7) is 0. The molecular weight excluding hydrogens is 343 g/mol. The number of H-pyrrole nitrogens is 1. The van der Waals surface area contributed by atoms with Crippen molar-refractivity contribution in [3.8, 4) is 11.4 Å². The molecule has 0 saturated heterocycles. The molecule has 1 N–H and O–H groups in total. The number of halogens is 2. The highest BCUT2D eigenvalue weighted by molar-refractivity contribution is 9.10. The third kappa shape index (κ3) is 2.14. The van der Waals surface area contributed by atoms with Gasteiger partial charge in [0.1, 0.15) is 11.6 Å². The summed E-state index contributed by atoms with van der Waals surface area (Å²) in [6.07, 6.45) is 0. The van der Waals surface area contributed by atoms with Crippen molar-refractivity contribution in [1.29, 1.82) is 0 Å². The number of rotatable bonds is 2. The Hall–Kier alpha value is -1.66. The number of hydrogen-bond acceptors (Lipinski definition) is 2. The molecule has 0 spiro atoms. The summed E-state index contributed by atoms with van der Waals surface area (Å²) in [7, 11) is 1.51. The smallest absolute Gasteiger partial charge is 0.182 e. The maximum Gasteiger partial charge on any atom is 0.182 e. The Morgan fingerprint density at radius 3 is 2.80 bits per heavy atom. The monoisotopic (exact) mass is 352 g/mol. The van der Waals surface area contributed by atoms with Crippen LogP contribution in [-0.2, 0) is 0 Å². The molecule has 1 aromatic heterocycles. The lowest BCUT2D eigenvalue weighted by molar-refractivity contribution is 0.409. The average Bonchev–Trinajstić information content (AvgIpc) is 2.73. The predicted octanol–water partition coefficient (Wildman–Crippen LogP) is 4.60. The van der Waals surface area contributed by atoms with Gasteiger partial charge >= 0.3 is 0 Å². The average molecular weight is 353 g/mol. The minimum absolute atomic E-state index is 0.347. The van der Waals surface area contributed by atoms with E-state index in [1.807, 2.05) is 22.8 Å². The number of imidazole rings is 1. The van der Waals surface area contributed by atoms with Gasteiger partial charge < -0.3 is 9.72 Å². The van der Waals surface area contributed by atoms with E-state index in [-0.39, 0.29) is 5.82 Å². The van der Waals surface area contributed by atoms with Gasteiger partial charge in [-0.1, -0.05) is 15.9 Å². The molecule has 0 aliphatic heterocycles. The zero-order valence-corrected chi connectivity index (χ0v) is 12.9. The van der Waals surface area contributed by atoms with E-state index >= 15 is 0 Å². The molecule has 0 aliphatic rings. The van der Waals surface area contributed by atoms with Crippen molar-refractivity contribution >= 4 is 39.2 Å². The number of hydrogen-bond donors (Lipinski definition) is 1. The van der Waals surface area contributed by atoms with Crippen LogP contribution in [0, 0.1) is 10.6 Å². The maximum atomic E-state index is 13.3. The zero-order chi connectivity index (χ0) is 14.3. The van der Waals surface area contributed by atoms with Crippen LogP contribution in [0.3, 0.4) is 0 Å². The van der Waals surface area contributed by atoms with Crippen LogP contribution in [0.25, 0.3) is 16.7 Å². The Morgan fingerprint density at radius 1 is 1.25 bits per heavy atom. The van der Waals surface area contributed by atoms with Gasteiger partial charge in [-0.05, 0) is 42.5 Å². The number of methoxy groups -OCH3 is 1. The lowest BCUT2D eigenvalue weighted by Gasteiger charge is -2.10. The summed E-state index contributed by atoms with van der Waals surface area (Å²) < 4.78 is 21.9. The van der Waals surface area contributed by atoms with E-state index in [9.17, 15) is 4.39 Å². The van der Waals surface area contributed by atoms with Gasteiger partial charge in [-0.3, -0.25) is 4.57 Å². The molecule has 0 aliphatic carbocycles. The van der Waals surface area contributed by atoms with E-state index in [0.717, 1.165) is 15.5 Å². The first-order chi connectivity index (χ1) is 9.60. The van der Waals surface area contributed by atoms with Crippen molar-refractivity contribution in [2.75, 3.05) is 7.11 Å². The highest BCUT2D eigenvalue weighted by atomic mass is 79.9. The van der Waals surface area contributed by atoms with E-state index in [2.05, 4.69) is 20.9 Å². The number of nitrogens with one attached hydrogen (secondary N) is 1. The summed E-state index contributed by atoms with van der Waals surface area (Å²) in [5, 5.41) is 0. The van der Waals surface area contributed by atoms with Gasteiger partial charge in [-0.25, -0.2) is 4.39 Å². The third-order valence-corrected chi connectivity index (χ3v) is 3.80. The standard InChI is InChI=1S/C14H10BrFN2OS/c1-19-13-7-9(16)3-5-12(13)18-11-4-2-8(15)6-10(11)17-14(18)20/h2-7H,1H3,(H,17,20). The number of aromatic nitrogens is 2. The second kappa shape index (κ2) is 5.03. The van der Waals surface area contributed by atoms with Gasteiger partial charge in [0.15, 0.2) is 4.77 Å². The molecule has 0 fully saturated rings. The molecule has 1 heterocycles. The number of ether oxygens (including phenoxy) is 1. The first kappa shape index (κ1) is 13.3. The van der Waals surface area contributed by atoms with Crippen LogP contribution in [0.5, 0.6) is 5.75 Å². The van der Waals surface area contributed by atoms with Crippen molar-refractivity contribution in [2.24, 2.45) is 0 Å². The number of aromatic amines is 1. The molecule has 0 unspecified atom stereocenters. The highest BCUT2D eigenvalue weighted by Crippen LogP contribution is 2.29. The summed E-state index contributed by atoms with van der Waals surface area (Å²) in [6, 6.07) is 10.2. The molecule has 3 rings (SSSR count). The summed E-state index contributed by atoms with van der Waals surface area (Å²) in [5.41, 5.74) is 2.51. The minimum Gasteiger partial charge on any atom is -0.494 e. The Bertz CT molecular complexity index is 856. The first-order valence-electron chi connectivity index (χ1n) is 5.84. The third-order valence-electron chi connectivity index (χ3n) is 3.03. The fourth-order valence-electron chi connectivity index (χ4n) is 2.16. The summed E-state index contributed by atoms with van der Waals surface area (Å²) in [5.74, 6) is 0.0876. The maximum absolute atomic E-state index is 13.3. The van der Waals surface area contributed by atoms with Gasteiger partial charge in [0, 0.05) is 10.5 Å². The molecule has 3 aromatic rings. The van der Waals surface area contributed by atoms with E-state index < -0.39 is 0 Å². The van der Waals surface area contributed by atoms with E-state index in [4.69, 9.17) is 17.0 Å². The van der Waals surface area contributed by atoms with Crippen LogP contribution < -0.4 is 4.74 Å². The molecule has 3 nitrogen and oxygen atoms in total. The van der Waals surface area contributed by atoms with Crippen LogP contribution in [0.1, 0.15) is 0 Å². The van der Waals surface area contributed by atoms with Crippen LogP contribution in [0.2, 0.25) is 0 Å². The highest BCUT2D eigenvalue weighted by Gasteiger charge is 2.12. The fourth-order valence-corrected chi connectivity index (χ4v) is 2.83. The SMILES string of the molecule is COc1cc(F)ccc1-n1c(=S)[nH]c2cc(Br)ccc21. The largest absolute Gasteiger partial charge is 0.494 e. The first-order valence-corrected chi connectivity index (χ1v) is 7.04. The second-order valence-electron chi connectivity index (χ2n) is 4.24. The molecule has 2 aromatic carbocycles. The Balaban J connectivity index is 2.35. The normalized spacial score (nSPS) is 10.9. The Morgan fingerprint density at radius 2 is 2.05 bits per heavy atom.